The lowest BCUT2D eigenvalue weighted by atomic mass is 10.2. The zero-order valence-corrected chi connectivity index (χ0v) is 12.4. The number of carbonyl (C=O) groups excluding carboxylic acids is 1. The Morgan fingerprint density at radius 3 is 2.68 bits per heavy atom. The van der Waals surface area contributed by atoms with Crippen LogP contribution in [0.5, 0.6) is 0 Å². The van der Waals surface area contributed by atoms with E-state index in [0.717, 1.165) is 42.3 Å². The van der Waals surface area contributed by atoms with E-state index in [9.17, 15) is 4.79 Å². The predicted octanol–water partition coefficient (Wildman–Crippen LogP) is 1.44. The highest BCUT2D eigenvalue weighted by atomic mass is 32.2. The summed E-state index contributed by atoms with van der Waals surface area (Å²) in [4.78, 5) is 17.3. The van der Waals surface area contributed by atoms with E-state index in [1.54, 1.807) is 0 Å². The second-order valence-corrected chi connectivity index (χ2v) is 5.98. The number of para-hydroxylation sites is 1. The maximum atomic E-state index is 12.1. The molecule has 0 radical (unpaired) electrons. The third-order valence-electron chi connectivity index (χ3n) is 3.49. The number of piperazine rings is 1. The SMILES string of the molecule is Cc1cccc(SCC(=O)N2CCN(C)CC2)c1N. The van der Waals surface area contributed by atoms with Crippen LogP contribution in [-0.2, 0) is 4.79 Å². The average Bonchev–Trinajstić information content (AvgIpc) is 2.41. The van der Waals surface area contributed by atoms with E-state index in [1.807, 2.05) is 30.0 Å². The largest absolute Gasteiger partial charge is 0.398 e. The van der Waals surface area contributed by atoms with Gasteiger partial charge < -0.3 is 15.5 Å². The van der Waals surface area contributed by atoms with Gasteiger partial charge >= 0.3 is 0 Å². The molecule has 0 saturated carbocycles. The van der Waals surface area contributed by atoms with Crippen molar-refractivity contribution in [1.82, 2.24) is 9.80 Å². The van der Waals surface area contributed by atoms with Gasteiger partial charge in [0.2, 0.25) is 5.91 Å². The Balaban J connectivity index is 1.88. The minimum absolute atomic E-state index is 0.207. The number of benzene rings is 1. The van der Waals surface area contributed by atoms with E-state index in [2.05, 4.69) is 11.9 Å². The van der Waals surface area contributed by atoms with Gasteiger partial charge in [0.25, 0.3) is 0 Å². The Labute approximate surface area is 118 Å². The first-order valence-corrected chi connectivity index (χ1v) is 7.50. The molecule has 1 aromatic carbocycles. The monoisotopic (exact) mass is 279 g/mol. The number of hydrogen-bond donors (Lipinski definition) is 1. The lowest BCUT2D eigenvalue weighted by molar-refractivity contribution is -0.129. The van der Waals surface area contributed by atoms with Crippen LogP contribution in [0.1, 0.15) is 5.56 Å². The minimum Gasteiger partial charge on any atom is -0.398 e. The van der Waals surface area contributed by atoms with E-state index in [0.29, 0.717) is 5.75 Å². The number of anilines is 1. The number of rotatable bonds is 3. The first-order valence-electron chi connectivity index (χ1n) is 6.52. The molecule has 1 amide bonds. The summed E-state index contributed by atoms with van der Waals surface area (Å²) in [6, 6.07) is 5.94. The Bertz CT molecular complexity index is 456. The molecule has 0 atom stereocenters. The summed E-state index contributed by atoms with van der Waals surface area (Å²) in [5.74, 6) is 0.677. The molecule has 1 fully saturated rings. The molecule has 0 aliphatic carbocycles. The van der Waals surface area contributed by atoms with E-state index in [4.69, 9.17) is 5.73 Å². The van der Waals surface area contributed by atoms with Crippen LogP contribution in [0.15, 0.2) is 23.1 Å². The quantitative estimate of drug-likeness (QED) is 0.672. The van der Waals surface area contributed by atoms with Crippen LogP contribution in [0, 0.1) is 6.92 Å². The molecule has 1 heterocycles. The predicted molar refractivity (Wildman–Crippen MR) is 80.4 cm³/mol. The molecule has 19 heavy (non-hydrogen) atoms. The van der Waals surface area contributed by atoms with Crippen molar-refractivity contribution in [2.45, 2.75) is 11.8 Å². The number of aryl methyl sites for hydroxylation is 1. The molecule has 0 unspecified atom stereocenters. The zero-order chi connectivity index (χ0) is 13.8. The molecule has 1 saturated heterocycles. The topological polar surface area (TPSA) is 49.6 Å². The number of amides is 1. The molecule has 104 valence electrons. The summed E-state index contributed by atoms with van der Waals surface area (Å²) in [6.45, 7) is 5.58. The summed E-state index contributed by atoms with van der Waals surface area (Å²) >= 11 is 1.53. The molecule has 0 bridgehead atoms. The van der Waals surface area contributed by atoms with Crippen molar-refractivity contribution in [3.05, 3.63) is 23.8 Å². The van der Waals surface area contributed by atoms with E-state index in [1.165, 1.54) is 11.8 Å². The van der Waals surface area contributed by atoms with Gasteiger partial charge in [-0.3, -0.25) is 4.79 Å². The first-order chi connectivity index (χ1) is 9.08. The maximum Gasteiger partial charge on any atom is 0.233 e. The highest BCUT2D eigenvalue weighted by Gasteiger charge is 2.19. The molecule has 1 aliphatic rings. The summed E-state index contributed by atoms with van der Waals surface area (Å²) < 4.78 is 0. The summed E-state index contributed by atoms with van der Waals surface area (Å²) in [6.07, 6.45) is 0. The van der Waals surface area contributed by atoms with Crippen LogP contribution in [0.2, 0.25) is 0 Å². The number of likely N-dealkylation sites (N-methyl/N-ethyl adjacent to an activating group) is 1. The number of carbonyl (C=O) groups is 1. The molecule has 0 aromatic heterocycles. The first kappa shape index (κ1) is 14.2. The maximum absolute atomic E-state index is 12.1. The van der Waals surface area contributed by atoms with Gasteiger partial charge in [0.1, 0.15) is 0 Å². The number of thioether (sulfide) groups is 1. The van der Waals surface area contributed by atoms with Crippen molar-refractivity contribution in [1.29, 1.82) is 0 Å². The number of nitrogens with two attached hydrogens (primary N) is 1. The van der Waals surface area contributed by atoms with Crippen LogP contribution in [0.25, 0.3) is 0 Å². The Kier molecular flexibility index (Phi) is 4.71. The highest BCUT2D eigenvalue weighted by molar-refractivity contribution is 8.00. The fourth-order valence-electron chi connectivity index (χ4n) is 2.07. The number of nitrogens with zero attached hydrogens (tertiary/aromatic N) is 2. The Hall–Kier alpha value is -1.20. The van der Waals surface area contributed by atoms with Gasteiger partial charge in [0.05, 0.1) is 5.75 Å². The van der Waals surface area contributed by atoms with Gasteiger partial charge in [-0.05, 0) is 25.6 Å². The summed E-state index contributed by atoms with van der Waals surface area (Å²) in [5.41, 5.74) is 7.87. The van der Waals surface area contributed by atoms with Crippen LogP contribution in [-0.4, -0.2) is 54.7 Å². The summed E-state index contributed by atoms with van der Waals surface area (Å²) in [7, 11) is 2.09. The van der Waals surface area contributed by atoms with Crippen LogP contribution in [0.3, 0.4) is 0 Å². The van der Waals surface area contributed by atoms with Crippen molar-refractivity contribution in [3.8, 4) is 0 Å². The Morgan fingerprint density at radius 1 is 1.32 bits per heavy atom. The molecule has 5 heteroatoms. The summed E-state index contributed by atoms with van der Waals surface area (Å²) in [5, 5.41) is 0. The fourth-order valence-corrected chi connectivity index (χ4v) is 3.02. The third-order valence-corrected chi connectivity index (χ3v) is 4.55. The van der Waals surface area contributed by atoms with E-state index in [-0.39, 0.29) is 5.91 Å². The van der Waals surface area contributed by atoms with Crippen LogP contribution < -0.4 is 5.73 Å². The van der Waals surface area contributed by atoms with Crippen LogP contribution >= 0.6 is 11.8 Å². The van der Waals surface area contributed by atoms with Gasteiger partial charge in [-0.15, -0.1) is 11.8 Å². The third kappa shape index (κ3) is 3.64. The minimum atomic E-state index is 0.207. The molecular weight excluding hydrogens is 258 g/mol. The molecule has 1 aliphatic heterocycles. The molecule has 2 rings (SSSR count). The normalized spacial score (nSPS) is 16.6. The number of nitrogen functional groups attached to an aromatic ring is 1. The zero-order valence-electron chi connectivity index (χ0n) is 11.6. The fraction of sp³-hybridized carbons (Fsp3) is 0.500. The molecular formula is C14H21N3OS. The van der Waals surface area contributed by atoms with Crippen molar-refractivity contribution in [3.63, 3.8) is 0 Å². The van der Waals surface area contributed by atoms with Crippen molar-refractivity contribution in [2.75, 3.05) is 44.7 Å². The van der Waals surface area contributed by atoms with Gasteiger partial charge in [-0.1, -0.05) is 12.1 Å². The highest BCUT2D eigenvalue weighted by Crippen LogP contribution is 2.27. The number of hydrogen-bond acceptors (Lipinski definition) is 4. The van der Waals surface area contributed by atoms with E-state index >= 15 is 0 Å². The van der Waals surface area contributed by atoms with Gasteiger partial charge in [-0.2, -0.15) is 0 Å². The smallest absolute Gasteiger partial charge is 0.233 e. The van der Waals surface area contributed by atoms with Crippen molar-refractivity contribution in [2.24, 2.45) is 0 Å². The van der Waals surface area contributed by atoms with Gasteiger partial charge in [-0.25, -0.2) is 0 Å². The Morgan fingerprint density at radius 2 is 2.00 bits per heavy atom. The van der Waals surface area contributed by atoms with Crippen LogP contribution in [0.4, 0.5) is 5.69 Å². The second-order valence-electron chi connectivity index (χ2n) is 4.96. The molecule has 4 nitrogen and oxygen atoms in total. The van der Waals surface area contributed by atoms with Gasteiger partial charge in [0, 0.05) is 36.8 Å². The molecule has 0 spiro atoms. The molecule has 2 N–H and O–H groups in total. The van der Waals surface area contributed by atoms with Crippen molar-refractivity contribution < 1.29 is 4.79 Å². The van der Waals surface area contributed by atoms with E-state index < -0.39 is 0 Å². The van der Waals surface area contributed by atoms with Gasteiger partial charge in [0.15, 0.2) is 0 Å². The average molecular weight is 279 g/mol. The lowest BCUT2D eigenvalue weighted by Gasteiger charge is -2.32. The van der Waals surface area contributed by atoms with Crippen molar-refractivity contribution >= 4 is 23.4 Å². The lowest BCUT2D eigenvalue weighted by Crippen LogP contribution is -2.47. The molecule has 1 aromatic rings. The standard InChI is InChI=1S/C14H21N3OS/c1-11-4-3-5-12(14(11)15)19-10-13(18)17-8-6-16(2)7-9-17/h3-5H,6-10,15H2,1-2H3. The second kappa shape index (κ2) is 6.30.